The van der Waals surface area contributed by atoms with E-state index in [0.717, 1.165) is 41.2 Å². The Bertz CT molecular complexity index is 540. The Kier molecular flexibility index (Phi) is 3.39. The molecule has 5 rings (SSSR count). The van der Waals surface area contributed by atoms with Crippen LogP contribution in [0.3, 0.4) is 0 Å². The van der Waals surface area contributed by atoms with Gasteiger partial charge in [0.25, 0.3) is 0 Å². The largest absolute Gasteiger partial charge is 0.497 e. The van der Waals surface area contributed by atoms with Gasteiger partial charge in [0.2, 0.25) is 0 Å². The lowest BCUT2D eigenvalue weighted by atomic mass is 9.48. The van der Waals surface area contributed by atoms with E-state index in [1.165, 1.54) is 38.5 Å². The van der Waals surface area contributed by atoms with E-state index in [0.29, 0.717) is 5.41 Å². The molecule has 4 aliphatic rings. The zero-order valence-corrected chi connectivity index (χ0v) is 13.3. The second kappa shape index (κ2) is 5.29. The zero-order valence-electron chi connectivity index (χ0n) is 13.3. The number of benzene rings is 1. The van der Waals surface area contributed by atoms with Gasteiger partial charge in [-0.1, -0.05) is 5.16 Å². The van der Waals surface area contributed by atoms with Gasteiger partial charge in [-0.15, -0.1) is 0 Å². The third kappa shape index (κ3) is 2.41. The lowest BCUT2D eigenvalue weighted by Gasteiger charge is -2.57. The summed E-state index contributed by atoms with van der Waals surface area (Å²) in [5, 5.41) is 13.2. The maximum Gasteiger partial charge on any atom is 0.118 e. The average Bonchev–Trinajstić information content (AvgIpc) is 2.51. The predicted molar refractivity (Wildman–Crippen MR) is 86.5 cm³/mol. The standard InChI is InChI=1S/C19H25NO2/c1-22-17-4-2-16(3-5-17)18(20-21)12-19-9-13-6-14(10-19)8-15(7-13)11-19/h2-5,13-15,21H,6-12H2,1H3/b20-18-. The molecular formula is C19H25NO2. The Morgan fingerprint density at radius 1 is 1.09 bits per heavy atom. The van der Waals surface area contributed by atoms with E-state index < -0.39 is 0 Å². The van der Waals surface area contributed by atoms with Gasteiger partial charge < -0.3 is 9.94 Å². The third-order valence-electron chi connectivity index (χ3n) is 6.25. The van der Waals surface area contributed by atoms with Gasteiger partial charge in [-0.3, -0.25) is 0 Å². The summed E-state index contributed by atoms with van der Waals surface area (Å²) in [5.74, 6) is 3.64. The van der Waals surface area contributed by atoms with Crippen molar-refractivity contribution in [2.24, 2.45) is 28.3 Å². The fourth-order valence-electron chi connectivity index (χ4n) is 5.84. The number of oxime groups is 1. The number of methoxy groups -OCH3 is 1. The summed E-state index contributed by atoms with van der Waals surface area (Å²) in [5.41, 5.74) is 2.28. The predicted octanol–water partition coefficient (Wildman–Crippen LogP) is 4.48. The lowest BCUT2D eigenvalue weighted by molar-refractivity contribution is -0.0483. The molecule has 4 aliphatic carbocycles. The highest BCUT2D eigenvalue weighted by molar-refractivity contribution is 6.00. The fourth-order valence-corrected chi connectivity index (χ4v) is 5.84. The first kappa shape index (κ1) is 14.1. The van der Waals surface area contributed by atoms with Crippen LogP contribution in [0.1, 0.15) is 50.5 Å². The minimum atomic E-state index is 0.399. The molecule has 0 aromatic heterocycles. The highest BCUT2D eigenvalue weighted by atomic mass is 16.5. The van der Waals surface area contributed by atoms with E-state index in [4.69, 9.17) is 4.74 Å². The van der Waals surface area contributed by atoms with Gasteiger partial charge in [0.15, 0.2) is 0 Å². The molecular weight excluding hydrogens is 274 g/mol. The number of hydrogen-bond acceptors (Lipinski definition) is 3. The van der Waals surface area contributed by atoms with Gasteiger partial charge in [-0.2, -0.15) is 0 Å². The van der Waals surface area contributed by atoms with Crippen LogP contribution in [0, 0.1) is 23.2 Å². The molecule has 0 aliphatic heterocycles. The summed E-state index contributed by atoms with van der Waals surface area (Å²) in [6.45, 7) is 0. The van der Waals surface area contributed by atoms with Crippen molar-refractivity contribution in [3.8, 4) is 5.75 Å². The van der Waals surface area contributed by atoms with Crippen LogP contribution in [0.4, 0.5) is 0 Å². The molecule has 0 spiro atoms. The van der Waals surface area contributed by atoms with Crippen LogP contribution in [0.25, 0.3) is 0 Å². The number of hydrogen-bond donors (Lipinski definition) is 1. The van der Waals surface area contributed by atoms with Crippen LogP contribution in [0.5, 0.6) is 5.75 Å². The lowest BCUT2D eigenvalue weighted by Crippen LogP contribution is -2.46. The van der Waals surface area contributed by atoms with Crippen LogP contribution in [-0.4, -0.2) is 18.0 Å². The van der Waals surface area contributed by atoms with E-state index in [9.17, 15) is 5.21 Å². The van der Waals surface area contributed by atoms with Crippen molar-refractivity contribution in [1.29, 1.82) is 0 Å². The summed E-state index contributed by atoms with van der Waals surface area (Å²) < 4.78 is 5.21. The Balaban J connectivity index is 1.55. The number of ether oxygens (including phenoxy) is 1. The highest BCUT2D eigenvalue weighted by Gasteiger charge is 2.51. The minimum absolute atomic E-state index is 0.399. The van der Waals surface area contributed by atoms with Crippen LogP contribution in [-0.2, 0) is 0 Å². The Morgan fingerprint density at radius 2 is 1.64 bits per heavy atom. The highest BCUT2D eigenvalue weighted by Crippen LogP contribution is 2.61. The summed E-state index contributed by atoms with van der Waals surface area (Å²) in [6, 6.07) is 7.91. The molecule has 118 valence electrons. The molecule has 22 heavy (non-hydrogen) atoms. The number of nitrogens with zero attached hydrogens (tertiary/aromatic N) is 1. The molecule has 3 nitrogen and oxygen atoms in total. The zero-order chi connectivity index (χ0) is 15.2. The topological polar surface area (TPSA) is 41.8 Å². The molecule has 0 atom stereocenters. The average molecular weight is 299 g/mol. The van der Waals surface area contributed by atoms with Gasteiger partial charge in [0.1, 0.15) is 5.75 Å². The van der Waals surface area contributed by atoms with E-state index in [1.807, 2.05) is 24.3 Å². The van der Waals surface area contributed by atoms with Crippen LogP contribution in [0.2, 0.25) is 0 Å². The molecule has 1 aromatic rings. The van der Waals surface area contributed by atoms with Gasteiger partial charge in [-0.05, 0) is 97.9 Å². The maximum atomic E-state index is 9.56. The van der Waals surface area contributed by atoms with Crippen molar-refractivity contribution in [2.75, 3.05) is 7.11 Å². The molecule has 0 radical (unpaired) electrons. The fraction of sp³-hybridized carbons (Fsp3) is 0.632. The van der Waals surface area contributed by atoms with E-state index in [2.05, 4.69) is 5.16 Å². The Morgan fingerprint density at radius 3 is 2.09 bits per heavy atom. The molecule has 0 saturated heterocycles. The van der Waals surface area contributed by atoms with Gasteiger partial charge in [0.05, 0.1) is 12.8 Å². The Labute approximate surface area is 132 Å². The van der Waals surface area contributed by atoms with Gasteiger partial charge in [0, 0.05) is 0 Å². The van der Waals surface area contributed by atoms with Crippen molar-refractivity contribution in [1.82, 2.24) is 0 Å². The monoisotopic (exact) mass is 299 g/mol. The molecule has 1 N–H and O–H groups in total. The van der Waals surface area contributed by atoms with Crippen molar-refractivity contribution in [3.63, 3.8) is 0 Å². The van der Waals surface area contributed by atoms with Crippen molar-refractivity contribution >= 4 is 5.71 Å². The van der Waals surface area contributed by atoms with E-state index in [-0.39, 0.29) is 0 Å². The first-order chi connectivity index (χ1) is 10.7. The van der Waals surface area contributed by atoms with Gasteiger partial charge >= 0.3 is 0 Å². The quantitative estimate of drug-likeness (QED) is 0.506. The molecule has 1 aromatic carbocycles. The summed E-state index contributed by atoms with van der Waals surface area (Å²) in [7, 11) is 1.67. The van der Waals surface area contributed by atoms with Crippen molar-refractivity contribution < 1.29 is 9.94 Å². The summed E-state index contributed by atoms with van der Waals surface area (Å²) >= 11 is 0. The summed E-state index contributed by atoms with van der Waals surface area (Å²) in [6.07, 6.45) is 9.31. The SMILES string of the molecule is COc1ccc(/C(CC23CC4CC(CC(C4)C2)C3)=N\O)cc1. The molecule has 4 fully saturated rings. The number of rotatable bonds is 4. The smallest absolute Gasteiger partial charge is 0.118 e. The molecule has 4 saturated carbocycles. The van der Waals surface area contributed by atoms with Crippen LogP contribution >= 0.6 is 0 Å². The van der Waals surface area contributed by atoms with Gasteiger partial charge in [-0.25, -0.2) is 0 Å². The molecule has 0 unspecified atom stereocenters. The first-order valence-corrected chi connectivity index (χ1v) is 8.55. The normalized spacial score (nSPS) is 36.6. The van der Waals surface area contributed by atoms with Crippen molar-refractivity contribution in [3.05, 3.63) is 29.8 Å². The molecule has 0 heterocycles. The van der Waals surface area contributed by atoms with Crippen molar-refractivity contribution in [2.45, 2.75) is 44.9 Å². The van der Waals surface area contributed by atoms with Crippen LogP contribution in [0.15, 0.2) is 29.4 Å². The Hall–Kier alpha value is -1.51. The first-order valence-electron chi connectivity index (χ1n) is 8.55. The summed E-state index contributed by atoms with van der Waals surface area (Å²) in [4.78, 5) is 0. The second-order valence-corrected chi connectivity index (χ2v) is 7.87. The second-order valence-electron chi connectivity index (χ2n) is 7.87. The molecule has 3 heteroatoms. The minimum Gasteiger partial charge on any atom is -0.497 e. The molecule has 4 bridgehead atoms. The molecule has 0 amide bonds. The van der Waals surface area contributed by atoms with Crippen LogP contribution < -0.4 is 4.74 Å². The maximum absolute atomic E-state index is 9.56. The van der Waals surface area contributed by atoms with E-state index >= 15 is 0 Å². The third-order valence-corrected chi connectivity index (χ3v) is 6.25. The van der Waals surface area contributed by atoms with E-state index in [1.54, 1.807) is 7.11 Å².